The highest BCUT2D eigenvalue weighted by molar-refractivity contribution is 7.89. The average molecular weight is 390 g/mol. The number of sulfonamides is 1. The van der Waals surface area contributed by atoms with Gasteiger partial charge in [0.15, 0.2) is 5.82 Å². The summed E-state index contributed by atoms with van der Waals surface area (Å²) in [6.45, 7) is 3.43. The molecule has 3 rings (SSSR count). The summed E-state index contributed by atoms with van der Waals surface area (Å²) >= 11 is 0. The van der Waals surface area contributed by atoms with E-state index in [4.69, 9.17) is 8.94 Å². The second-order valence-electron chi connectivity index (χ2n) is 5.80. The Kier molecular flexibility index (Phi) is 5.38. The molecule has 0 aliphatic rings. The summed E-state index contributed by atoms with van der Waals surface area (Å²) in [5, 5.41) is 6.39. The van der Waals surface area contributed by atoms with Crippen LogP contribution in [0.15, 0.2) is 56.5 Å². The number of aryl methyl sites for hydroxylation is 1. The van der Waals surface area contributed by atoms with Gasteiger partial charge in [0, 0.05) is 5.56 Å². The van der Waals surface area contributed by atoms with Crippen LogP contribution in [0.5, 0.6) is 0 Å². The molecule has 1 amide bonds. The first-order valence-electron chi connectivity index (χ1n) is 8.08. The van der Waals surface area contributed by atoms with Crippen molar-refractivity contribution in [3.63, 3.8) is 0 Å². The monoisotopic (exact) mass is 390 g/mol. The number of hydrogen-bond acceptors (Lipinski definition) is 7. The fraction of sp³-hybridized carbons (Fsp3) is 0.235. The van der Waals surface area contributed by atoms with Gasteiger partial charge in [0.2, 0.25) is 15.9 Å². The molecule has 142 valence electrons. The number of carbonyl (C=O) groups is 1. The maximum absolute atomic E-state index is 12.3. The zero-order valence-electron chi connectivity index (χ0n) is 14.7. The Morgan fingerprint density at radius 1 is 1.22 bits per heavy atom. The van der Waals surface area contributed by atoms with Gasteiger partial charge in [0.05, 0.1) is 17.7 Å². The molecule has 27 heavy (non-hydrogen) atoms. The van der Waals surface area contributed by atoms with Gasteiger partial charge in [0.25, 0.3) is 5.91 Å². The molecule has 0 saturated carbocycles. The third-order valence-corrected chi connectivity index (χ3v) is 5.12. The van der Waals surface area contributed by atoms with E-state index in [1.165, 1.54) is 30.5 Å². The predicted octanol–water partition coefficient (Wildman–Crippen LogP) is 1.94. The topological polar surface area (TPSA) is 127 Å². The molecule has 0 aliphatic heterocycles. The fourth-order valence-corrected chi connectivity index (χ4v) is 3.27. The molecule has 1 aromatic carbocycles. The van der Waals surface area contributed by atoms with E-state index in [9.17, 15) is 13.2 Å². The van der Waals surface area contributed by atoms with Crippen molar-refractivity contribution in [3.8, 4) is 0 Å². The minimum absolute atomic E-state index is 0.0404. The van der Waals surface area contributed by atoms with Crippen LogP contribution >= 0.6 is 0 Å². The molecule has 0 saturated heterocycles. The number of benzene rings is 1. The summed E-state index contributed by atoms with van der Waals surface area (Å²) in [6, 6.07) is 8.46. The van der Waals surface area contributed by atoms with Gasteiger partial charge in [-0.2, -0.15) is 4.98 Å². The van der Waals surface area contributed by atoms with Crippen molar-refractivity contribution in [2.45, 2.75) is 31.3 Å². The molecule has 1 unspecified atom stereocenters. The quantitative estimate of drug-likeness (QED) is 0.631. The Bertz CT molecular complexity index is 1010. The van der Waals surface area contributed by atoms with E-state index in [0.29, 0.717) is 23.0 Å². The van der Waals surface area contributed by atoms with Crippen molar-refractivity contribution in [1.29, 1.82) is 0 Å². The zero-order chi connectivity index (χ0) is 19.4. The normalized spacial score (nSPS) is 12.7. The Morgan fingerprint density at radius 2 is 1.96 bits per heavy atom. The Hall–Kier alpha value is -2.98. The Morgan fingerprint density at radius 3 is 2.56 bits per heavy atom. The lowest BCUT2D eigenvalue weighted by Crippen LogP contribution is -2.27. The van der Waals surface area contributed by atoms with E-state index < -0.39 is 16.1 Å². The van der Waals surface area contributed by atoms with Crippen molar-refractivity contribution in [2.75, 3.05) is 0 Å². The Labute approximate surface area is 155 Å². The van der Waals surface area contributed by atoms with Crippen LogP contribution in [0.4, 0.5) is 0 Å². The number of amides is 1. The van der Waals surface area contributed by atoms with Gasteiger partial charge < -0.3 is 14.3 Å². The van der Waals surface area contributed by atoms with Gasteiger partial charge in [-0.05, 0) is 50.2 Å². The summed E-state index contributed by atoms with van der Waals surface area (Å²) < 4.78 is 37.1. The first-order valence-corrected chi connectivity index (χ1v) is 9.56. The van der Waals surface area contributed by atoms with E-state index >= 15 is 0 Å². The summed E-state index contributed by atoms with van der Waals surface area (Å²) in [7, 11) is -3.72. The molecule has 3 aromatic rings. The van der Waals surface area contributed by atoms with Crippen molar-refractivity contribution in [1.82, 2.24) is 20.2 Å². The van der Waals surface area contributed by atoms with Crippen LogP contribution in [0.25, 0.3) is 0 Å². The maximum atomic E-state index is 12.3. The standard InChI is InChI=1S/C17H18N4O5S/c1-11(17-20-12(2)21-26-17)19-16(22)13-5-7-15(8-6-13)27(23,24)18-10-14-4-3-9-25-14/h3-9,11,18H,10H2,1-2H3,(H,19,22). The lowest BCUT2D eigenvalue weighted by atomic mass is 10.2. The number of nitrogens with zero attached hydrogens (tertiary/aromatic N) is 2. The molecule has 2 heterocycles. The molecule has 0 spiro atoms. The van der Waals surface area contributed by atoms with Gasteiger partial charge in [-0.1, -0.05) is 5.16 Å². The minimum atomic E-state index is -3.72. The highest BCUT2D eigenvalue weighted by Gasteiger charge is 2.18. The molecule has 2 aromatic heterocycles. The molecular weight excluding hydrogens is 372 g/mol. The molecule has 0 fully saturated rings. The van der Waals surface area contributed by atoms with Crippen LogP contribution in [0.2, 0.25) is 0 Å². The first kappa shape index (κ1) is 18.8. The highest BCUT2D eigenvalue weighted by atomic mass is 32.2. The molecule has 0 radical (unpaired) electrons. The second kappa shape index (κ2) is 7.72. The van der Waals surface area contributed by atoms with E-state index in [1.54, 1.807) is 26.0 Å². The summed E-state index contributed by atoms with van der Waals surface area (Å²) in [5.74, 6) is 0.885. The average Bonchev–Trinajstić information content (AvgIpc) is 3.31. The van der Waals surface area contributed by atoms with Crippen molar-refractivity contribution in [2.24, 2.45) is 0 Å². The smallest absolute Gasteiger partial charge is 0.251 e. The molecular formula is C17H18N4O5S. The maximum Gasteiger partial charge on any atom is 0.251 e. The molecule has 9 nitrogen and oxygen atoms in total. The van der Waals surface area contributed by atoms with Gasteiger partial charge in [-0.25, -0.2) is 13.1 Å². The summed E-state index contributed by atoms with van der Waals surface area (Å²) in [4.78, 5) is 16.4. The van der Waals surface area contributed by atoms with Gasteiger partial charge in [0.1, 0.15) is 11.8 Å². The van der Waals surface area contributed by atoms with Crippen molar-refractivity contribution < 1.29 is 22.2 Å². The number of carbonyl (C=O) groups excluding carboxylic acids is 1. The molecule has 0 bridgehead atoms. The molecule has 0 aliphatic carbocycles. The fourth-order valence-electron chi connectivity index (χ4n) is 2.28. The SMILES string of the molecule is Cc1noc(C(C)NC(=O)c2ccc(S(=O)(=O)NCc3ccco3)cc2)n1. The number of aromatic nitrogens is 2. The van der Waals surface area contributed by atoms with E-state index in [-0.39, 0.29) is 17.3 Å². The summed E-state index contributed by atoms with van der Waals surface area (Å²) in [6.07, 6.45) is 1.47. The van der Waals surface area contributed by atoms with Gasteiger partial charge >= 0.3 is 0 Å². The number of furan rings is 1. The summed E-state index contributed by atoms with van der Waals surface area (Å²) in [5.41, 5.74) is 0.308. The highest BCUT2D eigenvalue weighted by Crippen LogP contribution is 2.14. The zero-order valence-corrected chi connectivity index (χ0v) is 15.5. The number of hydrogen-bond donors (Lipinski definition) is 2. The Balaban J connectivity index is 1.64. The second-order valence-corrected chi connectivity index (χ2v) is 7.57. The van der Waals surface area contributed by atoms with E-state index in [2.05, 4.69) is 20.2 Å². The van der Waals surface area contributed by atoms with Crippen molar-refractivity contribution >= 4 is 15.9 Å². The van der Waals surface area contributed by atoms with E-state index in [1.807, 2.05) is 0 Å². The van der Waals surface area contributed by atoms with Crippen LogP contribution in [0, 0.1) is 6.92 Å². The third kappa shape index (κ3) is 4.60. The third-order valence-electron chi connectivity index (χ3n) is 3.70. The van der Waals surface area contributed by atoms with Crippen LogP contribution in [0.3, 0.4) is 0 Å². The lowest BCUT2D eigenvalue weighted by molar-refractivity contribution is 0.0932. The lowest BCUT2D eigenvalue weighted by Gasteiger charge is -2.10. The number of rotatable bonds is 7. The minimum Gasteiger partial charge on any atom is -0.468 e. The van der Waals surface area contributed by atoms with Gasteiger partial charge in [-0.15, -0.1) is 0 Å². The molecule has 10 heteroatoms. The van der Waals surface area contributed by atoms with Crippen molar-refractivity contribution in [3.05, 3.63) is 65.7 Å². The van der Waals surface area contributed by atoms with Gasteiger partial charge in [-0.3, -0.25) is 4.79 Å². The van der Waals surface area contributed by atoms with Crippen LogP contribution in [0.1, 0.15) is 40.8 Å². The van der Waals surface area contributed by atoms with Crippen LogP contribution in [-0.2, 0) is 16.6 Å². The van der Waals surface area contributed by atoms with E-state index in [0.717, 1.165) is 0 Å². The number of nitrogens with one attached hydrogen (secondary N) is 2. The predicted molar refractivity (Wildman–Crippen MR) is 94.1 cm³/mol. The molecule has 1 atom stereocenters. The first-order chi connectivity index (χ1) is 12.8. The van der Waals surface area contributed by atoms with Crippen LogP contribution < -0.4 is 10.0 Å². The molecule has 2 N–H and O–H groups in total. The van der Waals surface area contributed by atoms with Crippen LogP contribution in [-0.4, -0.2) is 24.5 Å². The largest absolute Gasteiger partial charge is 0.468 e.